The van der Waals surface area contributed by atoms with E-state index in [9.17, 15) is 14.4 Å². The second-order valence-corrected chi connectivity index (χ2v) is 7.53. The van der Waals surface area contributed by atoms with Crippen molar-refractivity contribution in [1.82, 2.24) is 16.0 Å². The van der Waals surface area contributed by atoms with Gasteiger partial charge in [-0.3, -0.25) is 14.4 Å². The molecule has 3 amide bonds. The standard InChI is InChI=1S/C20H40N4O6/c1-14(2)17(24-19(26)16(5)23-18(25)15(3)4)20(27)22-7-9-29-11-13-30-12-10-28-8-6-21/h14-17H,6-13,21H2,1-5H3,(H,22,27)(H,23,25)(H,24,26)/t16-,17-/m1/s1. The third kappa shape index (κ3) is 13.5. The van der Waals surface area contributed by atoms with Crippen LogP contribution in [0.4, 0.5) is 0 Å². The molecule has 5 N–H and O–H groups in total. The fraction of sp³-hybridized carbons (Fsp3) is 0.850. The van der Waals surface area contributed by atoms with Crippen molar-refractivity contribution in [1.29, 1.82) is 0 Å². The van der Waals surface area contributed by atoms with Crippen LogP contribution in [-0.4, -0.2) is 82.5 Å². The van der Waals surface area contributed by atoms with Gasteiger partial charge in [0.25, 0.3) is 0 Å². The summed E-state index contributed by atoms with van der Waals surface area (Å²) in [5.41, 5.74) is 5.31. The zero-order valence-electron chi connectivity index (χ0n) is 19.0. The van der Waals surface area contributed by atoms with E-state index in [0.717, 1.165) is 0 Å². The summed E-state index contributed by atoms with van der Waals surface area (Å²) in [6.07, 6.45) is 0. The molecule has 0 radical (unpaired) electrons. The van der Waals surface area contributed by atoms with Gasteiger partial charge in [0.15, 0.2) is 0 Å². The Hall–Kier alpha value is -1.75. The van der Waals surface area contributed by atoms with E-state index in [2.05, 4.69) is 16.0 Å². The van der Waals surface area contributed by atoms with Crippen molar-refractivity contribution in [2.45, 2.75) is 46.7 Å². The van der Waals surface area contributed by atoms with E-state index in [4.69, 9.17) is 19.9 Å². The Balaban J connectivity index is 4.09. The lowest BCUT2D eigenvalue weighted by Gasteiger charge is -2.24. The van der Waals surface area contributed by atoms with Crippen LogP contribution in [0.2, 0.25) is 0 Å². The number of hydrogen-bond donors (Lipinski definition) is 4. The normalized spacial score (nSPS) is 13.2. The first kappa shape index (κ1) is 28.2. The second kappa shape index (κ2) is 17.0. The number of rotatable bonds is 17. The van der Waals surface area contributed by atoms with Gasteiger partial charge in [0.05, 0.1) is 39.6 Å². The largest absolute Gasteiger partial charge is 0.378 e. The summed E-state index contributed by atoms with van der Waals surface area (Å²) in [6, 6.07) is -1.43. The molecule has 176 valence electrons. The van der Waals surface area contributed by atoms with Crippen molar-refractivity contribution in [2.24, 2.45) is 17.6 Å². The molecule has 0 rings (SSSR count). The number of nitrogens with one attached hydrogen (secondary N) is 3. The van der Waals surface area contributed by atoms with Gasteiger partial charge >= 0.3 is 0 Å². The first-order valence-electron chi connectivity index (χ1n) is 10.5. The Kier molecular flexibility index (Phi) is 16.0. The van der Waals surface area contributed by atoms with Crippen LogP contribution >= 0.6 is 0 Å². The van der Waals surface area contributed by atoms with E-state index in [1.54, 1.807) is 20.8 Å². The zero-order valence-corrected chi connectivity index (χ0v) is 19.0. The molecule has 0 aromatic carbocycles. The first-order valence-corrected chi connectivity index (χ1v) is 10.5. The van der Waals surface area contributed by atoms with Crippen LogP contribution in [0.15, 0.2) is 0 Å². The summed E-state index contributed by atoms with van der Waals surface area (Å²) in [6.45, 7) is 12.2. The Labute approximate surface area is 179 Å². The Morgan fingerprint density at radius 1 is 0.733 bits per heavy atom. The number of carbonyl (C=O) groups is 3. The van der Waals surface area contributed by atoms with Crippen LogP contribution in [0.25, 0.3) is 0 Å². The molecule has 0 aromatic rings. The van der Waals surface area contributed by atoms with E-state index in [1.807, 2.05) is 13.8 Å². The molecule has 2 atom stereocenters. The van der Waals surface area contributed by atoms with Gasteiger partial charge in [-0.25, -0.2) is 0 Å². The Morgan fingerprint density at radius 3 is 1.77 bits per heavy atom. The van der Waals surface area contributed by atoms with E-state index in [-0.39, 0.29) is 23.7 Å². The fourth-order valence-electron chi connectivity index (χ4n) is 2.24. The molecular weight excluding hydrogens is 392 g/mol. The van der Waals surface area contributed by atoms with Crippen LogP contribution in [0.1, 0.15) is 34.6 Å². The first-order chi connectivity index (χ1) is 14.2. The summed E-state index contributed by atoms with van der Waals surface area (Å²) < 4.78 is 15.9. The molecule has 0 aliphatic rings. The summed E-state index contributed by atoms with van der Waals surface area (Å²) in [5.74, 6) is -1.25. The molecule has 0 spiro atoms. The number of hydrogen-bond acceptors (Lipinski definition) is 7. The monoisotopic (exact) mass is 432 g/mol. The molecule has 0 bridgehead atoms. The summed E-state index contributed by atoms with van der Waals surface area (Å²) in [4.78, 5) is 36.5. The van der Waals surface area contributed by atoms with Crippen LogP contribution in [-0.2, 0) is 28.6 Å². The molecule has 10 heteroatoms. The van der Waals surface area contributed by atoms with Crippen molar-refractivity contribution >= 4 is 17.7 Å². The lowest BCUT2D eigenvalue weighted by atomic mass is 10.0. The highest BCUT2D eigenvalue weighted by atomic mass is 16.5. The zero-order chi connectivity index (χ0) is 22.9. The molecular formula is C20H40N4O6. The molecule has 0 fully saturated rings. The molecule has 0 aliphatic carbocycles. The highest BCUT2D eigenvalue weighted by Gasteiger charge is 2.26. The van der Waals surface area contributed by atoms with Crippen molar-refractivity contribution in [2.75, 3.05) is 52.7 Å². The van der Waals surface area contributed by atoms with Gasteiger partial charge in [-0.2, -0.15) is 0 Å². The van der Waals surface area contributed by atoms with Crippen molar-refractivity contribution in [3.05, 3.63) is 0 Å². The predicted octanol–water partition coefficient (Wildman–Crippen LogP) is -0.587. The molecule has 0 saturated carbocycles. The van der Waals surface area contributed by atoms with E-state index < -0.39 is 18.0 Å². The van der Waals surface area contributed by atoms with Crippen LogP contribution in [0.3, 0.4) is 0 Å². The van der Waals surface area contributed by atoms with Gasteiger partial charge in [-0.1, -0.05) is 27.7 Å². The Bertz CT molecular complexity index is 502. The molecule has 0 saturated heterocycles. The number of amides is 3. The van der Waals surface area contributed by atoms with Crippen LogP contribution in [0.5, 0.6) is 0 Å². The number of nitrogens with two attached hydrogens (primary N) is 1. The third-order valence-corrected chi connectivity index (χ3v) is 4.08. The molecule has 0 unspecified atom stereocenters. The van der Waals surface area contributed by atoms with Gasteiger partial charge in [0.1, 0.15) is 12.1 Å². The summed E-state index contributed by atoms with van der Waals surface area (Å²) in [7, 11) is 0. The minimum atomic E-state index is -0.724. The molecule has 0 aromatic heterocycles. The number of ether oxygens (including phenoxy) is 3. The quantitative estimate of drug-likeness (QED) is 0.225. The second-order valence-electron chi connectivity index (χ2n) is 7.53. The van der Waals surface area contributed by atoms with Crippen LogP contribution < -0.4 is 21.7 Å². The Morgan fingerprint density at radius 2 is 1.27 bits per heavy atom. The molecule has 0 heterocycles. The van der Waals surface area contributed by atoms with Gasteiger partial charge in [0, 0.05) is 19.0 Å². The highest BCUT2D eigenvalue weighted by Crippen LogP contribution is 2.03. The van der Waals surface area contributed by atoms with Crippen molar-refractivity contribution in [3.8, 4) is 0 Å². The number of carbonyl (C=O) groups excluding carboxylic acids is 3. The van der Waals surface area contributed by atoms with Crippen molar-refractivity contribution < 1.29 is 28.6 Å². The lowest BCUT2D eigenvalue weighted by molar-refractivity contribution is -0.133. The molecule has 30 heavy (non-hydrogen) atoms. The smallest absolute Gasteiger partial charge is 0.242 e. The topological polar surface area (TPSA) is 141 Å². The predicted molar refractivity (Wildman–Crippen MR) is 114 cm³/mol. The average molecular weight is 433 g/mol. The highest BCUT2D eigenvalue weighted by molar-refractivity contribution is 5.92. The fourth-order valence-corrected chi connectivity index (χ4v) is 2.24. The van der Waals surface area contributed by atoms with Gasteiger partial charge in [-0.05, 0) is 12.8 Å². The SMILES string of the molecule is CC(C)C(=O)N[C@H](C)C(=O)N[C@@H](C(=O)NCCOCCOCCOCCN)C(C)C. The summed E-state index contributed by atoms with van der Waals surface area (Å²) in [5, 5.41) is 8.08. The maximum atomic E-state index is 12.4. The van der Waals surface area contributed by atoms with E-state index >= 15 is 0 Å². The van der Waals surface area contributed by atoms with Gasteiger partial charge in [0.2, 0.25) is 17.7 Å². The minimum absolute atomic E-state index is 0.113. The molecule has 0 aliphatic heterocycles. The van der Waals surface area contributed by atoms with Gasteiger partial charge < -0.3 is 35.9 Å². The van der Waals surface area contributed by atoms with Crippen molar-refractivity contribution in [3.63, 3.8) is 0 Å². The maximum absolute atomic E-state index is 12.4. The van der Waals surface area contributed by atoms with Gasteiger partial charge in [-0.15, -0.1) is 0 Å². The maximum Gasteiger partial charge on any atom is 0.242 e. The summed E-state index contributed by atoms with van der Waals surface area (Å²) >= 11 is 0. The molecule has 10 nitrogen and oxygen atoms in total. The van der Waals surface area contributed by atoms with Crippen LogP contribution in [0, 0.1) is 11.8 Å². The third-order valence-electron chi connectivity index (χ3n) is 4.08. The minimum Gasteiger partial charge on any atom is -0.378 e. The lowest BCUT2D eigenvalue weighted by Crippen LogP contribution is -2.55. The average Bonchev–Trinajstić information content (AvgIpc) is 2.69. The van der Waals surface area contributed by atoms with E-state index in [1.165, 1.54) is 0 Å². The van der Waals surface area contributed by atoms with E-state index in [0.29, 0.717) is 52.7 Å².